The van der Waals surface area contributed by atoms with Crippen LogP contribution in [-0.2, 0) is 9.84 Å². The van der Waals surface area contributed by atoms with E-state index in [4.69, 9.17) is 0 Å². The van der Waals surface area contributed by atoms with Crippen molar-refractivity contribution < 1.29 is 18.3 Å². The molecule has 0 spiro atoms. The maximum atomic E-state index is 12.2. The van der Waals surface area contributed by atoms with Crippen molar-refractivity contribution in [2.24, 2.45) is 0 Å². The third kappa shape index (κ3) is 2.79. The molecule has 2 aromatic rings. The first-order chi connectivity index (χ1) is 9.43. The Kier molecular flexibility index (Phi) is 4.01. The molecule has 0 aliphatic rings. The first-order valence-corrected chi connectivity index (χ1v) is 7.55. The van der Waals surface area contributed by atoms with Crippen molar-refractivity contribution in [3.8, 4) is 0 Å². The van der Waals surface area contributed by atoms with Crippen molar-refractivity contribution in [3.05, 3.63) is 65.7 Å². The second-order valence-electron chi connectivity index (χ2n) is 4.44. The van der Waals surface area contributed by atoms with E-state index >= 15 is 0 Å². The summed E-state index contributed by atoms with van der Waals surface area (Å²) in [5.74, 6) is -0.828. The number of Topliss-reactive ketones (excluding diaryl/α,β-unsaturated/α-hetero) is 1. The number of aryl methyl sites for hydroxylation is 1. The number of carbonyl (C=O) groups excluding carboxylic acids is 1. The molecule has 1 unspecified atom stereocenters. The number of hydrogen-bond donors (Lipinski definition) is 1. The number of carbonyl (C=O) groups is 1. The van der Waals surface area contributed by atoms with E-state index in [0.29, 0.717) is 0 Å². The van der Waals surface area contributed by atoms with E-state index in [9.17, 15) is 18.3 Å². The Bertz CT molecular complexity index is 703. The molecule has 1 N–H and O–H groups in total. The second kappa shape index (κ2) is 5.56. The largest absolute Gasteiger partial charge is 0.370 e. The first kappa shape index (κ1) is 14.4. The molecule has 2 rings (SSSR count). The van der Waals surface area contributed by atoms with Gasteiger partial charge in [-0.1, -0.05) is 48.0 Å². The van der Waals surface area contributed by atoms with Gasteiger partial charge in [-0.2, -0.15) is 0 Å². The summed E-state index contributed by atoms with van der Waals surface area (Å²) in [6.45, 7) is 1.82. The Hall–Kier alpha value is -1.98. The van der Waals surface area contributed by atoms with Gasteiger partial charge in [0.2, 0.25) is 21.1 Å². The number of rotatable bonds is 4. The van der Waals surface area contributed by atoms with Crippen molar-refractivity contribution >= 4 is 15.6 Å². The fraction of sp³-hybridized carbons (Fsp3) is 0.133. The fourth-order valence-corrected chi connectivity index (χ4v) is 2.93. The molecule has 2 aromatic carbocycles. The van der Waals surface area contributed by atoms with Gasteiger partial charge in [0.1, 0.15) is 0 Å². The minimum absolute atomic E-state index is 0.0696. The average Bonchev–Trinajstić information content (AvgIpc) is 2.47. The summed E-state index contributed by atoms with van der Waals surface area (Å²) in [5.41, 5.74) is -1.03. The maximum absolute atomic E-state index is 12.2. The van der Waals surface area contributed by atoms with Crippen molar-refractivity contribution in [2.45, 2.75) is 17.3 Å². The third-order valence-electron chi connectivity index (χ3n) is 2.93. The van der Waals surface area contributed by atoms with Crippen LogP contribution in [0, 0.1) is 6.92 Å². The van der Waals surface area contributed by atoms with Crippen LogP contribution >= 0.6 is 0 Å². The van der Waals surface area contributed by atoms with Crippen molar-refractivity contribution in [3.63, 3.8) is 0 Å². The summed E-state index contributed by atoms with van der Waals surface area (Å²) in [6, 6.07) is 13.9. The van der Waals surface area contributed by atoms with Gasteiger partial charge < -0.3 is 5.11 Å². The normalized spacial score (nSPS) is 12.9. The summed E-state index contributed by atoms with van der Waals surface area (Å²) >= 11 is 0. The molecule has 0 aliphatic heterocycles. The van der Waals surface area contributed by atoms with Gasteiger partial charge >= 0.3 is 0 Å². The van der Waals surface area contributed by atoms with E-state index < -0.39 is 21.1 Å². The lowest BCUT2D eigenvalue weighted by molar-refractivity contribution is 0.0858. The van der Waals surface area contributed by atoms with Crippen LogP contribution in [0.5, 0.6) is 0 Å². The number of aliphatic hydroxyl groups is 1. The molecule has 1 atom stereocenters. The number of hydrogen-bond acceptors (Lipinski definition) is 4. The van der Waals surface area contributed by atoms with Gasteiger partial charge in [-0.15, -0.1) is 0 Å². The van der Waals surface area contributed by atoms with Gasteiger partial charge in [-0.3, -0.25) is 4.79 Å². The SMILES string of the molecule is Cc1ccc(S(=O)(=O)C(O)C(=O)c2ccccc2)cc1. The molecular weight excluding hydrogens is 276 g/mol. The summed E-state index contributed by atoms with van der Waals surface area (Å²) in [7, 11) is -4.10. The van der Waals surface area contributed by atoms with E-state index in [2.05, 4.69) is 0 Å². The quantitative estimate of drug-likeness (QED) is 0.874. The fourth-order valence-electron chi connectivity index (χ4n) is 1.74. The molecule has 0 aliphatic carbocycles. The van der Waals surface area contributed by atoms with Gasteiger partial charge in [0, 0.05) is 5.56 Å². The van der Waals surface area contributed by atoms with E-state index in [0.717, 1.165) is 5.56 Å². The minimum Gasteiger partial charge on any atom is -0.370 e. The Morgan fingerprint density at radius 1 is 1.00 bits per heavy atom. The molecule has 0 saturated carbocycles. The van der Waals surface area contributed by atoms with Crippen LogP contribution in [0.3, 0.4) is 0 Å². The molecule has 0 aromatic heterocycles. The molecule has 0 fully saturated rings. The van der Waals surface area contributed by atoms with Gasteiger partial charge in [-0.25, -0.2) is 8.42 Å². The Morgan fingerprint density at radius 2 is 1.55 bits per heavy atom. The van der Waals surface area contributed by atoms with Crippen LogP contribution < -0.4 is 0 Å². The van der Waals surface area contributed by atoms with Gasteiger partial charge in [0.25, 0.3) is 0 Å². The van der Waals surface area contributed by atoms with Crippen LogP contribution in [-0.4, -0.2) is 24.7 Å². The molecule has 20 heavy (non-hydrogen) atoms. The number of benzene rings is 2. The van der Waals surface area contributed by atoms with Gasteiger partial charge in [-0.05, 0) is 19.1 Å². The zero-order valence-corrected chi connectivity index (χ0v) is 11.7. The lowest BCUT2D eigenvalue weighted by Gasteiger charge is -2.11. The summed E-state index contributed by atoms with van der Waals surface area (Å²) < 4.78 is 24.4. The zero-order valence-electron chi connectivity index (χ0n) is 10.9. The third-order valence-corrected chi connectivity index (χ3v) is 4.66. The summed E-state index contributed by atoms with van der Waals surface area (Å²) in [5, 5.41) is 9.88. The van der Waals surface area contributed by atoms with E-state index in [1.54, 1.807) is 30.3 Å². The van der Waals surface area contributed by atoms with E-state index in [1.807, 2.05) is 6.92 Å². The molecular formula is C15H14O4S. The highest BCUT2D eigenvalue weighted by Crippen LogP contribution is 2.18. The maximum Gasteiger partial charge on any atom is 0.223 e. The summed E-state index contributed by atoms with van der Waals surface area (Å²) in [4.78, 5) is 11.9. The molecule has 4 nitrogen and oxygen atoms in total. The van der Waals surface area contributed by atoms with Crippen LogP contribution in [0.25, 0.3) is 0 Å². The molecule has 0 heterocycles. The van der Waals surface area contributed by atoms with Gasteiger partial charge in [0.15, 0.2) is 0 Å². The predicted molar refractivity (Wildman–Crippen MR) is 75.1 cm³/mol. The molecule has 0 radical (unpaired) electrons. The van der Waals surface area contributed by atoms with Crippen LogP contribution in [0.1, 0.15) is 15.9 Å². The average molecular weight is 290 g/mol. The molecule has 104 valence electrons. The Balaban J connectivity index is 2.35. The lowest BCUT2D eigenvalue weighted by Crippen LogP contribution is -2.30. The van der Waals surface area contributed by atoms with Crippen LogP contribution in [0.15, 0.2) is 59.5 Å². The van der Waals surface area contributed by atoms with Crippen molar-refractivity contribution in [1.29, 1.82) is 0 Å². The van der Waals surface area contributed by atoms with Crippen LogP contribution in [0.2, 0.25) is 0 Å². The van der Waals surface area contributed by atoms with E-state index in [1.165, 1.54) is 24.3 Å². The number of sulfone groups is 1. The van der Waals surface area contributed by atoms with E-state index in [-0.39, 0.29) is 10.5 Å². The second-order valence-corrected chi connectivity index (χ2v) is 6.45. The van der Waals surface area contributed by atoms with Gasteiger partial charge in [0.05, 0.1) is 4.90 Å². The standard InChI is InChI=1S/C15H14O4S/c1-11-7-9-13(10-8-11)20(18,19)15(17)14(16)12-5-3-2-4-6-12/h2-10,15,17H,1H3. The topological polar surface area (TPSA) is 71.4 Å². The van der Waals surface area contributed by atoms with Crippen molar-refractivity contribution in [1.82, 2.24) is 0 Å². The smallest absolute Gasteiger partial charge is 0.223 e. The highest BCUT2D eigenvalue weighted by molar-refractivity contribution is 7.92. The molecule has 0 amide bonds. The molecule has 5 heteroatoms. The zero-order chi connectivity index (χ0) is 14.8. The summed E-state index contributed by atoms with van der Waals surface area (Å²) in [6.07, 6.45) is 0. The minimum atomic E-state index is -4.10. The predicted octanol–water partition coefficient (Wildman–Crippen LogP) is 1.97. The molecule has 0 bridgehead atoms. The number of aliphatic hydroxyl groups excluding tert-OH is 1. The highest BCUT2D eigenvalue weighted by Gasteiger charge is 2.32. The number of ketones is 1. The molecule has 0 saturated heterocycles. The highest BCUT2D eigenvalue weighted by atomic mass is 32.2. The monoisotopic (exact) mass is 290 g/mol. The lowest BCUT2D eigenvalue weighted by atomic mass is 10.1. The first-order valence-electron chi connectivity index (χ1n) is 6.01. The van der Waals surface area contributed by atoms with Crippen molar-refractivity contribution in [2.75, 3.05) is 0 Å². The van der Waals surface area contributed by atoms with Crippen LogP contribution in [0.4, 0.5) is 0 Å². The Morgan fingerprint density at radius 3 is 2.10 bits per heavy atom. The Labute approximate surface area is 117 Å².